The molecule has 1 aromatic heterocycles. The van der Waals surface area contributed by atoms with Crippen LogP contribution in [-0.2, 0) is 5.41 Å². The lowest BCUT2D eigenvalue weighted by molar-refractivity contribution is 0.668. The minimum absolute atomic E-state index is 0.160. The van der Waals surface area contributed by atoms with Crippen LogP contribution in [-0.4, -0.2) is 0 Å². The van der Waals surface area contributed by atoms with Gasteiger partial charge in [-0.05, 0) is 123 Å². The Hall–Kier alpha value is -6.96. The molecule has 0 unspecified atom stereocenters. The van der Waals surface area contributed by atoms with Gasteiger partial charge in [0.15, 0.2) is 0 Å². The van der Waals surface area contributed by atoms with E-state index in [0.717, 1.165) is 16.6 Å². The summed E-state index contributed by atoms with van der Waals surface area (Å²) in [4.78, 5) is 0. The molecule has 0 N–H and O–H groups in total. The predicted molar refractivity (Wildman–Crippen MR) is 238 cm³/mol. The minimum atomic E-state index is -0.160. The van der Waals surface area contributed by atoms with Gasteiger partial charge in [0.25, 0.3) is 0 Å². The Bertz CT molecular complexity index is 3390. The summed E-state index contributed by atoms with van der Waals surface area (Å²) in [5, 5.41) is 12.4. The molecule has 0 amide bonds. The first-order chi connectivity index (χ1) is 27.5. The van der Waals surface area contributed by atoms with Gasteiger partial charge in [0.1, 0.15) is 11.2 Å². The van der Waals surface area contributed by atoms with E-state index < -0.39 is 0 Å². The Balaban J connectivity index is 1.07. The van der Waals surface area contributed by atoms with Gasteiger partial charge in [-0.25, -0.2) is 0 Å². The van der Waals surface area contributed by atoms with Gasteiger partial charge in [-0.3, -0.25) is 0 Å². The second-order valence-corrected chi connectivity index (χ2v) is 16.0. The Morgan fingerprint density at radius 1 is 0.339 bits per heavy atom. The van der Waals surface area contributed by atoms with Gasteiger partial charge in [0.2, 0.25) is 0 Å². The molecule has 0 radical (unpaired) electrons. The molecule has 0 saturated carbocycles. The van der Waals surface area contributed by atoms with Crippen molar-refractivity contribution in [3.63, 3.8) is 0 Å². The van der Waals surface area contributed by atoms with E-state index >= 15 is 0 Å². The molecule has 10 aromatic carbocycles. The second kappa shape index (κ2) is 11.5. The van der Waals surface area contributed by atoms with Gasteiger partial charge in [-0.2, -0.15) is 0 Å². The van der Waals surface area contributed by atoms with Crippen molar-refractivity contribution >= 4 is 65.0 Å². The van der Waals surface area contributed by atoms with Gasteiger partial charge in [0.05, 0.1) is 0 Å². The highest BCUT2D eigenvalue weighted by molar-refractivity contribution is 6.24. The van der Waals surface area contributed by atoms with Gasteiger partial charge in [0, 0.05) is 16.2 Å². The number of furan rings is 1. The monoisotopic (exact) mass is 712 g/mol. The molecule has 11 aromatic rings. The van der Waals surface area contributed by atoms with Crippen LogP contribution in [0.1, 0.15) is 25.0 Å². The zero-order valence-corrected chi connectivity index (χ0v) is 31.2. The predicted octanol–water partition coefficient (Wildman–Crippen LogP) is 15.5. The smallest absolute Gasteiger partial charge is 0.136 e. The molecule has 1 heterocycles. The number of hydrogen-bond acceptors (Lipinski definition) is 1. The van der Waals surface area contributed by atoms with Crippen molar-refractivity contribution in [2.75, 3.05) is 0 Å². The molecule has 1 aliphatic rings. The maximum atomic E-state index is 6.43. The Morgan fingerprint density at radius 3 is 1.57 bits per heavy atom. The first kappa shape index (κ1) is 31.4. The molecule has 0 aliphatic heterocycles. The molecule has 1 aliphatic carbocycles. The van der Waals surface area contributed by atoms with E-state index in [9.17, 15) is 0 Å². The fraction of sp³-hybridized carbons (Fsp3) is 0.0545. The zero-order valence-electron chi connectivity index (χ0n) is 31.2. The van der Waals surface area contributed by atoms with Crippen molar-refractivity contribution in [1.29, 1.82) is 0 Å². The highest BCUT2D eigenvalue weighted by Crippen LogP contribution is 2.55. The lowest BCUT2D eigenvalue weighted by Crippen LogP contribution is -2.16. The van der Waals surface area contributed by atoms with Crippen molar-refractivity contribution in [3.05, 3.63) is 193 Å². The summed E-state index contributed by atoms with van der Waals surface area (Å²) in [7, 11) is 0. The van der Waals surface area contributed by atoms with Crippen molar-refractivity contribution in [1.82, 2.24) is 0 Å². The summed E-state index contributed by atoms with van der Waals surface area (Å²) < 4.78 is 6.43. The van der Waals surface area contributed by atoms with Crippen LogP contribution in [0.2, 0.25) is 0 Å². The van der Waals surface area contributed by atoms with E-state index in [0.29, 0.717) is 0 Å². The SMILES string of the molecule is CC1(C)c2c(-c3cccc(-c4c5ccccc5c(-c5ccc6oc7ccc8ccccc8c7c6c5)c5ccccc45)c3)cccc2-c2ccc3ccccc3c21. The number of rotatable bonds is 3. The average Bonchev–Trinajstić information content (AvgIpc) is 3.74. The lowest BCUT2D eigenvalue weighted by atomic mass is 9.77. The third-order valence-corrected chi connectivity index (χ3v) is 12.6. The van der Waals surface area contributed by atoms with Crippen molar-refractivity contribution in [3.8, 4) is 44.5 Å². The van der Waals surface area contributed by atoms with E-state index in [1.54, 1.807) is 0 Å². The number of fused-ring (bicyclic) bond motifs is 12. The number of benzene rings is 10. The molecule has 0 spiro atoms. The summed E-state index contributed by atoms with van der Waals surface area (Å²) in [6, 6.07) is 67.1. The molecular formula is C55H36O. The van der Waals surface area contributed by atoms with Crippen LogP contribution >= 0.6 is 0 Å². The maximum absolute atomic E-state index is 6.43. The number of hydrogen-bond donors (Lipinski definition) is 0. The van der Waals surface area contributed by atoms with E-state index in [1.807, 2.05) is 0 Å². The van der Waals surface area contributed by atoms with Crippen molar-refractivity contribution in [2.24, 2.45) is 0 Å². The Morgan fingerprint density at radius 2 is 0.857 bits per heavy atom. The van der Waals surface area contributed by atoms with Gasteiger partial charge >= 0.3 is 0 Å². The summed E-state index contributed by atoms with van der Waals surface area (Å²) in [5.41, 5.74) is 14.7. The van der Waals surface area contributed by atoms with E-state index in [-0.39, 0.29) is 5.41 Å². The lowest BCUT2D eigenvalue weighted by Gasteiger charge is -2.26. The first-order valence-corrected chi connectivity index (χ1v) is 19.6. The van der Waals surface area contributed by atoms with Crippen molar-refractivity contribution in [2.45, 2.75) is 19.3 Å². The van der Waals surface area contributed by atoms with E-state index in [1.165, 1.54) is 104 Å². The summed E-state index contributed by atoms with van der Waals surface area (Å²) in [5.74, 6) is 0. The molecule has 1 heteroatoms. The molecule has 0 bridgehead atoms. The zero-order chi connectivity index (χ0) is 37.1. The van der Waals surface area contributed by atoms with Gasteiger partial charge in [-0.15, -0.1) is 0 Å². The van der Waals surface area contributed by atoms with E-state index in [4.69, 9.17) is 4.42 Å². The Kier molecular flexibility index (Phi) is 6.46. The highest BCUT2D eigenvalue weighted by atomic mass is 16.3. The highest BCUT2D eigenvalue weighted by Gasteiger charge is 2.38. The quantitative estimate of drug-likeness (QED) is 0.166. The molecule has 262 valence electrons. The van der Waals surface area contributed by atoms with Crippen LogP contribution in [0.25, 0.3) is 110 Å². The summed E-state index contributed by atoms with van der Waals surface area (Å²) in [6.07, 6.45) is 0. The molecule has 56 heavy (non-hydrogen) atoms. The van der Waals surface area contributed by atoms with Crippen LogP contribution in [0.5, 0.6) is 0 Å². The second-order valence-electron chi connectivity index (χ2n) is 16.0. The Labute approximate surface area is 325 Å². The van der Waals surface area contributed by atoms with Gasteiger partial charge < -0.3 is 4.42 Å². The first-order valence-electron chi connectivity index (χ1n) is 19.6. The third kappa shape index (κ3) is 4.31. The molecule has 12 rings (SSSR count). The fourth-order valence-corrected chi connectivity index (χ4v) is 10.3. The van der Waals surface area contributed by atoms with E-state index in [2.05, 4.69) is 196 Å². The maximum Gasteiger partial charge on any atom is 0.136 e. The molecular weight excluding hydrogens is 677 g/mol. The molecule has 0 atom stereocenters. The van der Waals surface area contributed by atoms with Crippen LogP contribution in [0, 0.1) is 0 Å². The average molecular weight is 713 g/mol. The minimum Gasteiger partial charge on any atom is -0.456 e. The molecule has 0 fully saturated rings. The van der Waals surface area contributed by atoms with Gasteiger partial charge in [-0.1, -0.05) is 172 Å². The summed E-state index contributed by atoms with van der Waals surface area (Å²) in [6.45, 7) is 4.81. The molecule has 0 saturated heterocycles. The largest absolute Gasteiger partial charge is 0.456 e. The van der Waals surface area contributed by atoms with Crippen molar-refractivity contribution < 1.29 is 4.42 Å². The van der Waals surface area contributed by atoms with Crippen LogP contribution < -0.4 is 0 Å². The molecule has 1 nitrogen and oxygen atoms in total. The normalized spacial score (nSPS) is 13.3. The topological polar surface area (TPSA) is 13.1 Å². The standard InChI is InChI=1S/C55H36O/c1-55(2)53-39-18-6-4-14-34(39)25-28-46(53)45-24-12-23-40(54(45)55)35-15-11-16-36(31-35)50-41-19-7-9-21-43(41)51(44-22-10-8-20-42(44)50)37-27-29-48-47(32-37)52-38-17-5-3-13-33(38)26-30-49(52)56-48/h3-32H,1-2H3. The summed E-state index contributed by atoms with van der Waals surface area (Å²) >= 11 is 0. The van der Waals surface area contributed by atoms with Crippen LogP contribution in [0.3, 0.4) is 0 Å². The third-order valence-electron chi connectivity index (χ3n) is 12.6. The van der Waals surface area contributed by atoms with Crippen LogP contribution in [0.15, 0.2) is 186 Å². The van der Waals surface area contributed by atoms with Crippen LogP contribution in [0.4, 0.5) is 0 Å². The fourth-order valence-electron chi connectivity index (χ4n) is 10.3.